The molecule has 2 saturated carbocycles. The van der Waals surface area contributed by atoms with Gasteiger partial charge in [0.2, 0.25) is 5.95 Å². The smallest absolute Gasteiger partial charge is 0.314 e. The minimum atomic E-state index is -0.560. The largest absolute Gasteiger partial charge is 0.425 e. The Hall–Kier alpha value is -1.45. The van der Waals surface area contributed by atoms with Crippen LogP contribution in [0.5, 0.6) is 5.75 Å². The van der Waals surface area contributed by atoms with E-state index in [1.807, 2.05) is 0 Å². The molecule has 150 valence electrons. The van der Waals surface area contributed by atoms with E-state index in [2.05, 4.69) is 11.9 Å². The van der Waals surface area contributed by atoms with Crippen molar-refractivity contribution in [2.75, 3.05) is 0 Å². The lowest BCUT2D eigenvalue weighted by molar-refractivity contribution is -0.140. The van der Waals surface area contributed by atoms with Crippen molar-refractivity contribution < 1.29 is 13.9 Å². The SMILES string of the molecule is CCCCC[C@H]1CC[C@H]([C@H]2CC[C@H](C(=O)Oc3ccc(F)nc3)CC2)CC1. The normalized spacial score (nSPS) is 28.7. The zero-order chi connectivity index (χ0) is 19.1. The highest BCUT2D eigenvalue weighted by molar-refractivity contribution is 5.75. The Kier molecular flexibility index (Phi) is 7.66. The molecule has 0 aliphatic heterocycles. The molecular weight excluding hydrogens is 341 g/mol. The van der Waals surface area contributed by atoms with E-state index in [9.17, 15) is 9.18 Å². The molecule has 0 amide bonds. The fourth-order valence-electron chi connectivity index (χ4n) is 5.08. The van der Waals surface area contributed by atoms with E-state index in [-0.39, 0.29) is 11.9 Å². The van der Waals surface area contributed by atoms with E-state index in [1.165, 1.54) is 69.7 Å². The summed E-state index contributed by atoms with van der Waals surface area (Å²) in [7, 11) is 0. The van der Waals surface area contributed by atoms with E-state index < -0.39 is 5.95 Å². The fraction of sp³-hybridized carbons (Fsp3) is 0.739. The van der Waals surface area contributed by atoms with Crippen LogP contribution in [0, 0.1) is 29.6 Å². The molecule has 0 saturated heterocycles. The molecule has 0 radical (unpaired) electrons. The van der Waals surface area contributed by atoms with Crippen molar-refractivity contribution in [2.45, 2.75) is 84.0 Å². The molecule has 3 rings (SSSR count). The molecule has 0 bridgehead atoms. The van der Waals surface area contributed by atoms with Crippen molar-refractivity contribution in [2.24, 2.45) is 23.7 Å². The number of nitrogens with zero attached hydrogens (tertiary/aromatic N) is 1. The molecule has 1 aromatic heterocycles. The Balaban J connectivity index is 1.37. The molecule has 27 heavy (non-hydrogen) atoms. The Bertz CT molecular complexity index is 573. The molecule has 3 nitrogen and oxygen atoms in total. The molecule has 0 atom stereocenters. The fourth-order valence-corrected chi connectivity index (χ4v) is 5.08. The van der Waals surface area contributed by atoms with E-state index >= 15 is 0 Å². The summed E-state index contributed by atoms with van der Waals surface area (Å²) >= 11 is 0. The van der Waals surface area contributed by atoms with Gasteiger partial charge in [0.05, 0.1) is 12.1 Å². The van der Waals surface area contributed by atoms with Crippen LogP contribution < -0.4 is 4.74 Å². The zero-order valence-corrected chi connectivity index (χ0v) is 16.7. The van der Waals surface area contributed by atoms with Crippen LogP contribution in [0.4, 0.5) is 4.39 Å². The second kappa shape index (κ2) is 10.2. The van der Waals surface area contributed by atoms with Crippen LogP contribution in [-0.2, 0) is 4.79 Å². The molecule has 1 aromatic rings. The number of esters is 1. The molecule has 2 aliphatic carbocycles. The van der Waals surface area contributed by atoms with Gasteiger partial charge >= 0.3 is 5.97 Å². The second-order valence-corrected chi connectivity index (χ2v) is 8.63. The molecule has 2 aliphatic rings. The third kappa shape index (κ3) is 6.02. The average Bonchev–Trinajstić information content (AvgIpc) is 2.70. The third-order valence-electron chi connectivity index (χ3n) is 6.80. The van der Waals surface area contributed by atoms with E-state index in [0.29, 0.717) is 5.75 Å². The number of pyridine rings is 1. The standard InChI is InChI=1S/C23H34FNO2/c1-2-3-4-5-17-6-8-18(9-7-17)19-10-12-20(13-11-19)23(26)27-21-14-15-22(24)25-16-21/h14-20H,2-13H2,1H3/t17-,18-,19-,20-. The van der Waals surface area contributed by atoms with Gasteiger partial charge in [-0.15, -0.1) is 0 Å². The lowest BCUT2D eigenvalue weighted by Gasteiger charge is -2.37. The highest BCUT2D eigenvalue weighted by Gasteiger charge is 2.33. The van der Waals surface area contributed by atoms with Crippen LogP contribution in [0.25, 0.3) is 0 Å². The van der Waals surface area contributed by atoms with Gasteiger partial charge in [0, 0.05) is 0 Å². The van der Waals surface area contributed by atoms with Gasteiger partial charge in [-0.1, -0.05) is 45.4 Å². The van der Waals surface area contributed by atoms with Gasteiger partial charge in [-0.05, 0) is 68.4 Å². The number of carbonyl (C=O) groups excluding carboxylic acids is 1. The van der Waals surface area contributed by atoms with Gasteiger partial charge in [-0.25, -0.2) is 4.98 Å². The summed E-state index contributed by atoms with van der Waals surface area (Å²) in [6, 6.07) is 2.68. The van der Waals surface area contributed by atoms with Gasteiger partial charge in [-0.2, -0.15) is 4.39 Å². The number of carbonyl (C=O) groups is 1. The Morgan fingerprint density at radius 2 is 1.70 bits per heavy atom. The van der Waals surface area contributed by atoms with Gasteiger partial charge in [0.1, 0.15) is 5.75 Å². The highest BCUT2D eigenvalue weighted by Crippen LogP contribution is 2.42. The zero-order valence-electron chi connectivity index (χ0n) is 16.7. The van der Waals surface area contributed by atoms with Crippen LogP contribution in [-0.4, -0.2) is 11.0 Å². The Morgan fingerprint density at radius 1 is 1.04 bits per heavy atom. The maximum atomic E-state index is 12.8. The minimum absolute atomic E-state index is 0.0170. The first kappa shape index (κ1) is 20.3. The van der Waals surface area contributed by atoms with Crippen molar-refractivity contribution in [3.63, 3.8) is 0 Å². The molecular formula is C23H34FNO2. The van der Waals surface area contributed by atoms with Crippen molar-refractivity contribution in [1.82, 2.24) is 4.98 Å². The monoisotopic (exact) mass is 375 g/mol. The number of aromatic nitrogens is 1. The first-order chi connectivity index (χ1) is 13.2. The van der Waals surface area contributed by atoms with E-state index in [4.69, 9.17) is 4.74 Å². The summed E-state index contributed by atoms with van der Waals surface area (Å²) in [5.41, 5.74) is 0. The number of ether oxygens (including phenoxy) is 1. The summed E-state index contributed by atoms with van der Waals surface area (Å²) in [6.07, 6.45) is 16.5. The van der Waals surface area contributed by atoms with Crippen molar-refractivity contribution in [3.8, 4) is 5.75 Å². The average molecular weight is 376 g/mol. The first-order valence-corrected chi connectivity index (χ1v) is 11.0. The molecule has 1 heterocycles. The number of halogens is 1. The molecule has 0 N–H and O–H groups in total. The van der Waals surface area contributed by atoms with Crippen LogP contribution in [0.1, 0.15) is 84.0 Å². The molecule has 4 heteroatoms. The van der Waals surface area contributed by atoms with Crippen LogP contribution in [0.15, 0.2) is 18.3 Å². The van der Waals surface area contributed by atoms with E-state index in [0.717, 1.165) is 43.4 Å². The Labute approximate surface area is 163 Å². The number of unbranched alkanes of at least 4 members (excludes halogenated alkanes) is 2. The third-order valence-corrected chi connectivity index (χ3v) is 6.80. The lowest BCUT2D eigenvalue weighted by Crippen LogP contribution is -2.30. The Morgan fingerprint density at radius 3 is 2.30 bits per heavy atom. The predicted octanol–water partition coefficient (Wildman–Crippen LogP) is 6.32. The van der Waals surface area contributed by atoms with Gasteiger partial charge in [0.15, 0.2) is 0 Å². The van der Waals surface area contributed by atoms with Gasteiger partial charge in [0.25, 0.3) is 0 Å². The van der Waals surface area contributed by atoms with Crippen LogP contribution in [0.3, 0.4) is 0 Å². The van der Waals surface area contributed by atoms with Crippen molar-refractivity contribution >= 4 is 5.97 Å². The minimum Gasteiger partial charge on any atom is -0.425 e. The predicted molar refractivity (Wildman–Crippen MR) is 105 cm³/mol. The number of rotatable bonds is 7. The van der Waals surface area contributed by atoms with Crippen molar-refractivity contribution in [3.05, 3.63) is 24.3 Å². The quantitative estimate of drug-likeness (QED) is 0.318. The molecule has 0 spiro atoms. The number of hydrogen-bond donors (Lipinski definition) is 0. The molecule has 0 aromatic carbocycles. The van der Waals surface area contributed by atoms with Crippen LogP contribution in [0.2, 0.25) is 0 Å². The lowest BCUT2D eigenvalue weighted by atomic mass is 9.68. The molecule has 0 unspecified atom stereocenters. The summed E-state index contributed by atoms with van der Waals surface area (Å²) in [6.45, 7) is 2.28. The molecule has 2 fully saturated rings. The van der Waals surface area contributed by atoms with Gasteiger partial charge in [-0.3, -0.25) is 4.79 Å². The summed E-state index contributed by atoms with van der Waals surface area (Å²) in [5, 5.41) is 0. The van der Waals surface area contributed by atoms with E-state index in [1.54, 1.807) is 0 Å². The maximum absolute atomic E-state index is 12.8. The van der Waals surface area contributed by atoms with Gasteiger partial charge < -0.3 is 4.74 Å². The summed E-state index contributed by atoms with van der Waals surface area (Å²) in [5.74, 6) is 2.20. The first-order valence-electron chi connectivity index (χ1n) is 11.0. The summed E-state index contributed by atoms with van der Waals surface area (Å²) < 4.78 is 18.2. The second-order valence-electron chi connectivity index (χ2n) is 8.63. The topological polar surface area (TPSA) is 39.2 Å². The number of hydrogen-bond acceptors (Lipinski definition) is 3. The van der Waals surface area contributed by atoms with Crippen LogP contribution >= 0.6 is 0 Å². The van der Waals surface area contributed by atoms with Crippen molar-refractivity contribution in [1.29, 1.82) is 0 Å². The highest BCUT2D eigenvalue weighted by atomic mass is 19.1. The maximum Gasteiger partial charge on any atom is 0.314 e. The summed E-state index contributed by atoms with van der Waals surface area (Å²) in [4.78, 5) is 15.9.